The molecule has 0 unspecified atom stereocenters. The quantitative estimate of drug-likeness (QED) is 0.781. The van der Waals surface area contributed by atoms with Crippen LogP contribution in [0.15, 0.2) is 30.3 Å². The van der Waals surface area contributed by atoms with E-state index in [-0.39, 0.29) is 12.5 Å². The van der Waals surface area contributed by atoms with Crippen LogP contribution in [0, 0.1) is 0 Å². The summed E-state index contributed by atoms with van der Waals surface area (Å²) < 4.78 is 5.00. The summed E-state index contributed by atoms with van der Waals surface area (Å²) in [5.74, 6) is 0.0361. The van der Waals surface area contributed by atoms with Crippen molar-refractivity contribution in [3.05, 3.63) is 35.9 Å². The zero-order chi connectivity index (χ0) is 14.1. The number of carbonyl (C=O) groups excluding carboxylic acids is 2. The monoisotopic (exact) mass is 284 g/mol. The van der Waals surface area contributed by atoms with Gasteiger partial charge in [0.05, 0.1) is 0 Å². The van der Waals surface area contributed by atoms with E-state index in [0.717, 1.165) is 5.56 Å². The molecule has 1 aromatic rings. The lowest BCUT2D eigenvalue weighted by Gasteiger charge is -2.13. The highest BCUT2D eigenvalue weighted by atomic mass is 35.5. The number of rotatable bonds is 6. The van der Waals surface area contributed by atoms with Crippen LogP contribution in [0.1, 0.15) is 12.5 Å². The molecule has 0 fully saturated rings. The molecule has 1 rings (SSSR count). The normalized spacial score (nSPS) is 11.5. The van der Waals surface area contributed by atoms with Gasteiger partial charge in [-0.25, -0.2) is 4.79 Å². The first-order valence-electron chi connectivity index (χ1n) is 5.94. The van der Waals surface area contributed by atoms with Gasteiger partial charge in [-0.1, -0.05) is 30.3 Å². The van der Waals surface area contributed by atoms with Gasteiger partial charge in [0.15, 0.2) is 0 Å². The number of alkyl carbamates (subject to hydrolysis) is 1. The van der Waals surface area contributed by atoms with Gasteiger partial charge in [-0.05, 0) is 12.5 Å². The van der Waals surface area contributed by atoms with Crippen LogP contribution in [0.5, 0.6) is 0 Å². The van der Waals surface area contributed by atoms with E-state index >= 15 is 0 Å². The van der Waals surface area contributed by atoms with Crippen LogP contribution in [0.4, 0.5) is 4.79 Å². The molecule has 2 N–H and O–H groups in total. The predicted octanol–water partition coefficient (Wildman–Crippen LogP) is 1.66. The molecule has 0 saturated heterocycles. The zero-order valence-corrected chi connectivity index (χ0v) is 11.4. The standard InChI is InChI=1S/C13H17ClN2O3/c1-10(12(17)15-8-7-14)16-13(18)19-9-11-5-3-2-4-6-11/h2-6,10H,7-9H2,1H3,(H,15,17)(H,16,18)/t10-/m1/s1. The molecule has 0 radical (unpaired) electrons. The maximum absolute atomic E-state index is 11.5. The van der Waals surface area contributed by atoms with Gasteiger partial charge in [0.25, 0.3) is 0 Å². The van der Waals surface area contributed by atoms with Gasteiger partial charge in [0.2, 0.25) is 5.91 Å². The third-order valence-corrected chi connectivity index (χ3v) is 2.52. The lowest BCUT2D eigenvalue weighted by Crippen LogP contribution is -2.45. The molecular formula is C13H17ClN2O3. The van der Waals surface area contributed by atoms with Crippen molar-refractivity contribution in [2.24, 2.45) is 0 Å². The minimum absolute atomic E-state index is 0.169. The van der Waals surface area contributed by atoms with E-state index in [9.17, 15) is 9.59 Å². The van der Waals surface area contributed by atoms with E-state index in [1.54, 1.807) is 6.92 Å². The number of benzene rings is 1. The molecule has 104 valence electrons. The summed E-state index contributed by atoms with van der Waals surface area (Å²) in [6, 6.07) is 8.64. The van der Waals surface area contributed by atoms with Crippen molar-refractivity contribution in [3.63, 3.8) is 0 Å². The van der Waals surface area contributed by atoms with Gasteiger partial charge in [0.1, 0.15) is 12.6 Å². The molecule has 19 heavy (non-hydrogen) atoms. The fourth-order valence-corrected chi connectivity index (χ4v) is 1.43. The minimum atomic E-state index is -0.661. The highest BCUT2D eigenvalue weighted by molar-refractivity contribution is 6.18. The summed E-state index contributed by atoms with van der Waals surface area (Å²) in [4.78, 5) is 22.9. The van der Waals surface area contributed by atoms with E-state index in [2.05, 4.69) is 10.6 Å². The van der Waals surface area contributed by atoms with Crippen LogP contribution in [-0.2, 0) is 16.1 Å². The second kappa shape index (κ2) is 8.37. The van der Waals surface area contributed by atoms with Crippen molar-refractivity contribution in [2.45, 2.75) is 19.6 Å². The Bertz CT molecular complexity index is 412. The van der Waals surface area contributed by atoms with Gasteiger partial charge in [-0.2, -0.15) is 0 Å². The van der Waals surface area contributed by atoms with Gasteiger partial charge in [0, 0.05) is 12.4 Å². The predicted molar refractivity (Wildman–Crippen MR) is 73.0 cm³/mol. The van der Waals surface area contributed by atoms with Gasteiger partial charge in [-0.3, -0.25) is 4.79 Å². The molecule has 2 amide bonds. The summed E-state index contributed by atoms with van der Waals surface area (Å²) in [6.07, 6.45) is -0.627. The first-order valence-corrected chi connectivity index (χ1v) is 6.48. The summed E-state index contributed by atoms with van der Waals surface area (Å²) in [5.41, 5.74) is 0.886. The molecule has 1 aromatic carbocycles. The van der Waals surface area contributed by atoms with Crippen molar-refractivity contribution >= 4 is 23.6 Å². The second-order valence-corrected chi connectivity index (χ2v) is 4.29. The van der Waals surface area contributed by atoms with Crippen molar-refractivity contribution in [2.75, 3.05) is 12.4 Å². The summed E-state index contributed by atoms with van der Waals surface area (Å²) in [6.45, 7) is 2.11. The Hall–Kier alpha value is -1.75. The molecule has 0 aliphatic carbocycles. The number of amides is 2. The number of hydrogen-bond acceptors (Lipinski definition) is 3. The Morgan fingerprint density at radius 1 is 1.32 bits per heavy atom. The lowest BCUT2D eigenvalue weighted by atomic mass is 10.2. The lowest BCUT2D eigenvalue weighted by molar-refractivity contribution is -0.122. The number of carbonyl (C=O) groups is 2. The fraction of sp³-hybridized carbons (Fsp3) is 0.385. The Morgan fingerprint density at radius 2 is 2.00 bits per heavy atom. The number of nitrogens with one attached hydrogen (secondary N) is 2. The molecule has 0 aliphatic heterocycles. The van der Waals surface area contributed by atoms with Gasteiger partial charge < -0.3 is 15.4 Å². The van der Waals surface area contributed by atoms with E-state index in [0.29, 0.717) is 12.4 Å². The molecule has 0 spiro atoms. The molecule has 0 bridgehead atoms. The highest BCUT2D eigenvalue weighted by Crippen LogP contribution is 2.00. The first kappa shape index (κ1) is 15.3. The molecule has 0 heterocycles. The molecule has 0 saturated carbocycles. The smallest absolute Gasteiger partial charge is 0.408 e. The minimum Gasteiger partial charge on any atom is -0.445 e. The average Bonchev–Trinajstić information content (AvgIpc) is 2.43. The van der Waals surface area contributed by atoms with Gasteiger partial charge in [-0.15, -0.1) is 11.6 Å². The van der Waals surface area contributed by atoms with Crippen LogP contribution in [0.25, 0.3) is 0 Å². The van der Waals surface area contributed by atoms with Crippen molar-refractivity contribution in [1.29, 1.82) is 0 Å². The van der Waals surface area contributed by atoms with Crippen molar-refractivity contribution < 1.29 is 14.3 Å². The number of hydrogen-bond donors (Lipinski definition) is 2. The van der Waals surface area contributed by atoms with Gasteiger partial charge >= 0.3 is 6.09 Å². The maximum atomic E-state index is 11.5. The summed E-state index contributed by atoms with van der Waals surface area (Å²) in [7, 11) is 0. The molecule has 6 heteroatoms. The maximum Gasteiger partial charge on any atom is 0.408 e. The molecule has 5 nitrogen and oxygen atoms in total. The SMILES string of the molecule is C[C@@H](NC(=O)OCc1ccccc1)C(=O)NCCCl. The number of ether oxygens (including phenoxy) is 1. The number of halogens is 1. The topological polar surface area (TPSA) is 67.4 Å². The second-order valence-electron chi connectivity index (χ2n) is 3.91. The molecule has 0 aromatic heterocycles. The van der Waals surface area contributed by atoms with Crippen LogP contribution in [-0.4, -0.2) is 30.5 Å². The van der Waals surface area contributed by atoms with Crippen molar-refractivity contribution in [3.8, 4) is 0 Å². The molecular weight excluding hydrogens is 268 g/mol. The van der Waals surface area contributed by atoms with E-state index in [1.807, 2.05) is 30.3 Å². The third-order valence-electron chi connectivity index (χ3n) is 2.33. The highest BCUT2D eigenvalue weighted by Gasteiger charge is 2.15. The average molecular weight is 285 g/mol. The van der Waals surface area contributed by atoms with Crippen LogP contribution < -0.4 is 10.6 Å². The molecule has 0 aliphatic rings. The van der Waals surface area contributed by atoms with E-state index in [1.165, 1.54) is 0 Å². The Balaban J connectivity index is 2.29. The Labute approximate surface area is 117 Å². The van der Waals surface area contributed by atoms with Crippen LogP contribution >= 0.6 is 11.6 Å². The Morgan fingerprint density at radius 3 is 2.63 bits per heavy atom. The van der Waals surface area contributed by atoms with Crippen LogP contribution in [0.3, 0.4) is 0 Å². The first-order chi connectivity index (χ1) is 9.13. The Kier molecular flexibility index (Phi) is 6.74. The third kappa shape index (κ3) is 6.10. The van der Waals surface area contributed by atoms with Crippen LogP contribution in [0.2, 0.25) is 0 Å². The zero-order valence-electron chi connectivity index (χ0n) is 10.7. The van der Waals surface area contributed by atoms with E-state index in [4.69, 9.17) is 16.3 Å². The van der Waals surface area contributed by atoms with Crippen molar-refractivity contribution in [1.82, 2.24) is 10.6 Å². The number of alkyl halides is 1. The summed E-state index contributed by atoms with van der Waals surface area (Å²) >= 11 is 5.45. The summed E-state index contributed by atoms with van der Waals surface area (Å²) in [5, 5.41) is 5.01. The molecule has 1 atom stereocenters. The largest absolute Gasteiger partial charge is 0.445 e. The van der Waals surface area contributed by atoms with E-state index < -0.39 is 12.1 Å². The fourth-order valence-electron chi connectivity index (χ4n) is 1.33.